The second-order valence-electron chi connectivity index (χ2n) is 14.7. The van der Waals surface area contributed by atoms with Gasteiger partial charge in [0.25, 0.3) is 0 Å². The third-order valence-corrected chi connectivity index (χ3v) is 11.4. The molecule has 12 rings (SSSR count). The van der Waals surface area contributed by atoms with Crippen LogP contribution in [0.2, 0.25) is 0 Å². The van der Waals surface area contributed by atoms with Crippen LogP contribution in [0.1, 0.15) is 0 Å². The van der Waals surface area contributed by atoms with Gasteiger partial charge in [-0.15, -0.1) is 0 Å². The maximum Gasteiger partial charge on any atom is 0.227 e. The van der Waals surface area contributed by atoms with Crippen molar-refractivity contribution >= 4 is 93.2 Å². The van der Waals surface area contributed by atoms with E-state index in [1.54, 1.807) is 0 Å². The average Bonchev–Trinajstić information content (AvgIpc) is 3.88. The summed E-state index contributed by atoms with van der Waals surface area (Å²) in [7, 11) is 0. The Bertz CT molecular complexity index is 3540. The molecule has 10 aromatic carbocycles. The lowest BCUT2D eigenvalue weighted by Gasteiger charge is -2.27. The lowest BCUT2D eigenvalue weighted by Crippen LogP contribution is -2.10. The number of anilines is 3. The van der Waals surface area contributed by atoms with Gasteiger partial charge in [-0.3, -0.25) is 0 Å². The van der Waals surface area contributed by atoms with Gasteiger partial charge in [-0.25, -0.2) is 4.98 Å². The first-order chi connectivity index (χ1) is 28.2. The Morgan fingerprint density at radius 2 is 1.05 bits per heavy atom. The Labute approximate surface area is 327 Å². The van der Waals surface area contributed by atoms with Gasteiger partial charge in [-0.05, 0) is 92.7 Å². The molecule has 0 saturated heterocycles. The number of aromatic nitrogens is 1. The van der Waals surface area contributed by atoms with Crippen LogP contribution < -0.4 is 4.90 Å². The van der Waals surface area contributed by atoms with E-state index in [1.165, 1.54) is 16.3 Å². The van der Waals surface area contributed by atoms with Crippen LogP contribution in [0, 0.1) is 0 Å². The molecule has 57 heavy (non-hydrogen) atoms. The Morgan fingerprint density at radius 3 is 1.98 bits per heavy atom. The van der Waals surface area contributed by atoms with E-state index in [0.29, 0.717) is 5.89 Å². The second-order valence-corrected chi connectivity index (χ2v) is 14.7. The zero-order chi connectivity index (χ0) is 37.5. The minimum Gasteiger partial charge on any atom is -0.456 e. The number of hydrogen-bond donors (Lipinski definition) is 0. The molecule has 0 aliphatic carbocycles. The number of fused-ring (bicyclic) bond motifs is 11. The average molecular weight is 729 g/mol. The van der Waals surface area contributed by atoms with E-state index in [-0.39, 0.29) is 0 Å². The zero-order valence-electron chi connectivity index (χ0n) is 30.7. The largest absolute Gasteiger partial charge is 0.456 e. The molecule has 2 aromatic heterocycles. The summed E-state index contributed by atoms with van der Waals surface area (Å²) in [5.74, 6) is 0.620. The van der Waals surface area contributed by atoms with Gasteiger partial charge < -0.3 is 13.7 Å². The molecule has 12 aromatic rings. The number of para-hydroxylation sites is 1. The Balaban J connectivity index is 1.12. The van der Waals surface area contributed by atoms with Crippen molar-refractivity contribution in [3.63, 3.8) is 0 Å². The lowest BCUT2D eigenvalue weighted by atomic mass is 9.94. The highest BCUT2D eigenvalue weighted by molar-refractivity contribution is 6.27. The van der Waals surface area contributed by atoms with Crippen molar-refractivity contribution < 1.29 is 8.83 Å². The number of furan rings is 1. The summed E-state index contributed by atoms with van der Waals surface area (Å²) >= 11 is 0. The standard InChI is InChI=1S/C53H32N2O2/c1-2-12-36(13-3-1)53-54-46-30-26-35-24-23-34-25-28-42-45(50(34)51(35)52(46)57-53)20-10-21-47(42)55(39-27-29-44-43-18-6-7-22-48(43)56-49(44)32-39)38-16-8-15-37(31-38)41-19-9-14-33-11-4-5-17-40(33)41/h1-32H. The molecule has 266 valence electrons. The van der Waals surface area contributed by atoms with Gasteiger partial charge in [-0.2, -0.15) is 0 Å². The molecule has 4 nitrogen and oxygen atoms in total. The van der Waals surface area contributed by atoms with Gasteiger partial charge in [0, 0.05) is 49.9 Å². The van der Waals surface area contributed by atoms with Crippen LogP contribution in [-0.4, -0.2) is 4.98 Å². The summed E-state index contributed by atoms with van der Waals surface area (Å²) < 4.78 is 13.1. The molecule has 0 bridgehead atoms. The van der Waals surface area contributed by atoms with E-state index in [2.05, 4.69) is 157 Å². The second kappa shape index (κ2) is 12.4. The van der Waals surface area contributed by atoms with E-state index in [1.807, 2.05) is 42.5 Å². The quantitative estimate of drug-likeness (QED) is 0.166. The summed E-state index contributed by atoms with van der Waals surface area (Å²) in [6, 6.07) is 68.7. The van der Waals surface area contributed by atoms with Crippen molar-refractivity contribution in [1.82, 2.24) is 4.98 Å². The molecule has 0 N–H and O–H groups in total. The highest BCUT2D eigenvalue weighted by Crippen LogP contribution is 2.45. The van der Waals surface area contributed by atoms with Crippen LogP contribution in [0.3, 0.4) is 0 Å². The molecule has 0 fully saturated rings. The molecule has 0 aliphatic rings. The summed E-state index contributed by atoms with van der Waals surface area (Å²) in [4.78, 5) is 7.33. The van der Waals surface area contributed by atoms with Gasteiger partial charge in [0.1, 0.15) is 16.7 Å². The van der Waals surface area contributed by atoms with Gasteiger partial charge in [-0.1, -0.05) is 133 Å². The number of nitrogens with zero attached hydrogens (tertiary/aromatic N) is 2. The summed E-state index contributed by atoms with van der Waals surface area (Å²) in [6.45, 7) is 0. The Hall–Kier alpha value is -7.69. The first-order valence-electron chi connectivity index (χ1n) is 19.3. The maximum atomic E-state index is 6.66. The van der Waals surface area contributed by atoms with Gasteiger partial charge in [0.05, 0.1) is 5.69 Å². The van der Waals surface area contributed by atoms with Crippen molar-refractivity contribution in [3.8, 4) is 22.6 Å². The Kier molecular flexibility index (Phi) is 6.89. The van der Waals surface area contributed by atoms with Crippen LogP contribution in [-0.2, 0) is 0 Å². The Morgan fingerprint density at radius 1 is 0.386 bits per heavy atom. The molecule has 2 heterocycles. The first-order valence-corrected chi connectivity index (χ1v) is 19.3. The molecule has 0 atom stereocenters. The monoisotopic (exact) mass is 728 g/mol. The van der Waals surface area contributed by atoms with E-state index >= 15 is 0 Å². The summed E-state index contributed by atoms with van der Waals surface area (Å²) in [5.41, 5.74) is 9.79. The van der Waals surface area contributed by atoms with E-state index in [0.717, 1.165) is 93.5 Å². The molecule has 0 spiro atoms. The molecular formula is C53H32N2O2. The van der Waals surface area contributed by atoms with E-state index < -0.39 is 0 Å². The van der Waals surface area contributed by atoms with Crippen molar-refractivity contribution in [3.05, 3.63) is 194 Å². The van der Waals surface area contributed by atoms with Gasteiger partial charge in [0.2, 0.25) is 5.89 Å². The normalized spacial score (nSPS) is 11.9. The number of rotatable bonds is 5. The number of hydrogen-bond acceptors (Lipinski definition) is 4. The molecule has 4 heteroatoms. The fourth-order valence-corrected chi connectivity index (χ4v) is 8.83. The summed E-state index contributed by atoms with van der Waals surface area (Å²) in [6.07, 6.45) is 0. The third-order valence-electron chi connectivity index (χ3n) is 11.4. The fraction of sp³-hybridized carbons (Fsp3) is 0. The van der Waals surface area contributed by atoms with Crippen molar-refractivity contribution in [2.75, 3.05) is 4.90 Å². The minimum absolute atomic E-state index is 0.620. The lowest BCUT2D eigenvalue weighted by molar-refractivity contribution is 0.623. The van der Waals surface area contributed by atoms with Crippen LogP contribution >= 0.6 is 0 Å². The zero-order valence-corrected chi connectivity index (χ0v) is 30.7. The molecule has 0 saturated carbocycles. The first kappa shape index (κ1) is 31.6. The predicted molar refractivity (Wildman–Crippen MR) is 237 cm³/mol. The molecule has 0 aliphatic heterocycles. The molecule has 0 unspecified atom stereocenters. The van der Waals surface area contributed by atoms with Gasteiger partial charge in [0.15, 0.2) is 5.58 Å². The highest BCUT2D eigenvalue weighted by Gasteiger charge is 2.21. The smallest absolute Gasteiger partial charge is 0.227 e. The van der Waals surface area contributed by atoms with Crippen molar-refractivity contribution in [1.29, 1.82) is 0 Å². The van der Waals surface area contributed by atoms with Crippen LogP contribution in [0.15, 0.2) is 203 Å². The molecular weight excluding hydrogens is 697 g/mol. The third kappa shape index (κ3) is 4.98. The van der Waals surface area contributed by atoms with Crippen molar-refractivity contribution in [2.24, 2.45) is 0 Å². The van der Waals surface area contributed by atoms with Gasteiger partial charge >= 0.3 is 0 Å². The number of benzene rings is 10. The fourth-order valence-electron chi connectivity index (χ4n) is 8.83. The van der Waals surface area contributed by atoms with Crippen LogP contribution in [0.25, 0.3) is 98.7 Å². The van der Waals surface area contributed by atoms with Crippen LogP contribution in [0.4, 0.5) is 17.1 Å². The maximum absolute atomic E-state index is 6.66. The molecule has 0 amide bonds. The molecule has 0 radical (unpaired) electrons. The van der Waals surface area contributed by atoms with E-state index in [4.69, 9.17) is 13.8 Å². The highest BCUT2D eigenvalue weighted by atomic mass is 16.3. The van der Waals surface area contributed by atoms with E-state index in [9.17, 15) is 0 Å². The summed E-state index contributed by atoms with van der Waals surface area (Å²) in [5, 5.41) is 11.4. The predicted octanol–water partition coefficient (Wildman–Crippen LogP) is 15.1. The minimum atomic E-state index is 0.620. The SMILES string of the molecule is c1ccc(-c2nc3ccc4ccc5ccc6c(N(c7cccc(-c8cccc9ccccc89)c7)c7ccc8c(c7)oc7ccccc78)cccc6c5c4c3o2)cc1. The van der Waals surface area contributed by atoms with Crippen molar-refractivity contribution in [2.45, 2.75) is 0 Å². The van der Waals surface area contributed by atoms with Crippen LogP contribution in [0.5, 0.6) is 0 Å². The number of oxazole rings is 1. The topological polar surface area (TPSA) is 42.4 Å².